The number of morpholine rings is 1. The summed E-state index contributed by atoms with van der Waals surface area (Å²) in [6.07, 6.45) is 9.28. The van der Waals surface area contributed by atoms with Gasteiger partial charge in [0, 0.05) is 61.5 Å². The predicted molar refractivity (Wildman–Crippen MR) is 129 cm³/mol. The van der Waals surface area contributed by atoms with E-state index in [9.17, 15) is 4.79 Å². The number of imidazole rings is 1. The van der Waals surface area contributed by atoms with Gasteiger partial charge in [0.25, 0.3) is 0 Å². The highest BCUT2D eigenvalue weighted by Crippen LogP contribution is 2.52. The standard InChI is InChI=1S/C26H32N6O2/c1-17-20-4-5-21-24(26(20,2)8-6-22(17)33)29-25(32(21)19-15-28-30(3)16-19)18-7-9-27-23(14-18)31-10-12-34-13-11-31/h7,9,14-17,20H,4-6,8,10-13H2,1-3H3/t17-,20-,26-/m1/s1. The molecule has 6 rings (SSSR count). The molecule has 8 nitrogen and oxygen atoms in total. The number of carbonyl (C=O) groups is 1. The Morgan fingerprint density at radius 1 is 1.21 bits per heavy atom. The van der Waals surface area contributed by atoms with Crippen molar-refractivity contribution in [3.63, 3.8) is 0 Å². The number of hydrogen-bond donors (Lipinski definition) is 0. The predicted octanol–water partition coefficient (Wildman–Crippen LogP) is 3.32. The van der Waals surface area contributed by atoms with Crippen LogP contribution in [0.25, 0.3) is 17.1 Å². The summed E-state index contributed by atoms with van der Waals surface area (Å²) in [4.78, 5) is 24.8. The van der Waals surface area contributed by atoms with E-state index in [2.05, 4.69) is 51.7 Å². The lowest BCUT2D eigenvalue weighted by Crippen LogP contribution is -2.47. The van der Waals surface area contributed by atoms with Gasteiger partial charge in [0.15, 0.2) is 0 Å². The highest BCUT2D eigenvalue weighted by molar-refractivity contribution is 5.82. The molecule has 0 N–H and O–H groups in total. The summed E-state index contributed by atoms with van der Waals surface area (Å²) in [5, 5.41) is 4.46. The zero-order chi connectivity index (χ0) is 23.4. The van der Waals surface area contributed by atoms with Crippen LogP contribution in [0.5, 0.6) is 0 Å². The second-order valence-corrected chi connectivity index (χ2v) is 10.3. The van der Waals surface area contributed by atoms with Gasteiger partial charge in [-0.15, -0.1) is 0 Å². The molecule has 0 aromatic carbocycles. The topological polar surface area (TPSA) is 78.1 Å². The zero-order valence-corrected chi connectivity index (χ0v) is 20.2. The second-order valence-electron chi connectivity index (χ2n) is 10.3. The van der Waals surface area contributed by atoms with E-state index in [4.69, 9.17) is 9.72 Å². The highest BCUT2D eigenvalue weighted by atomic mass is 16.5. The average Bonchev–Trinajstić information content (AvgIpc) is 3.46. The molecule has 0 spiro atoms. The number of ether oxygens (including phenoxy) is 1. The fraction of sp³-hybridized carbons (Fsp3) is 0.538. The number of hydrogen-bond acceptors (Lipinski definition) is 6. The SMILES string of the molecule is C[C@H]1C(=O)CC[C@@]2(C)c3nc(-c4ccnc(N5CCOCC5)c4)n(-c4cnn(C)c4)c3CC[C@H]12. The van der Waals surface area contributed by atoms with Crippen molar-refractivity contribution in [3.8, 4) is 17.1 Å². The Labute approximate surface area is 200 Å². The molecule has 1 aliphatic heterocycles. The third-order valence-corrected chi connectivity index (χ3v) is 8.31. The van der Waals surface area contributed by atoms with Crippen LogP contribution in [0.3, 0.4) is 0 Å². The van der Waals surface area contributed by atoms with E-state index in [-0.39, 0.29) is 11.3 Å². The van der Waals surface area contributed by atoms with Crippen molar-refractivity contribution < 1.29 is 9.53 Å². The van der Waals surface area contributed by atoms with E-state index in [1.165, 1.54) is 5.69 Å². The van der Waals surface area contributed by atoms with Gasteiger partial charge in [-0.25, -0.2) is 9.97 Å². The van der Waals surface area contributed by atoms with Crippen LogP contribution in [-0.2, 0) is 28.4 Å². The molecular formula is C26H32N6O2. The molecule has 178 valence electrons. The Balaban J connectivity index is 1.51. The normalized spacial score (nSPS) is 26.9. The first-order chi connectivity index (χ1) is 16.5. The molecule has 3 aliphatic rings. The Kier molecular flexibility index (Phi) is 5.09. The molecule has 2 fully saturated rings. The number of fused-ring (bicyclic) bond motifs is 3. The lowest BCUT2D eigenvalue weighted by Gasteiger charge is -2.46. The van der Waals surface area contributed by atoms with Crippen molar-refractivity contribution in [2.75, 3.05) is 31.2 Å². The third-order valence-electron chi connectivity index (χ3n) is 8.31. The molecule has 3 atom stereocenters. The van der Waals surface area contributed by atoms with Crippen molar-refractivity contribution in [3.05, 3.63) is 42.1 Å². The molecule has 1 saturated carbocycles. The van der Waals surface area contributed by atoms with E-state index in [0.717, 1.165) is 74.2 Å². The minimum absolute atomic E-state index is 0.0905. The van der Waals surface area contributed by atoms with Crippen LogP contribution in [-0.4, -0.2) is 56.4 Å². The van der Waals surface area contributed by atoms with Gasteiger partial charge >= 0.3 is 0 Å². The number of carbonyl (C=O) groups excluding carboxylic acids is 1. The summed E-state index contributed by atoms with van der Waals surface area (Å²) in [6.45, 7) is 7.58. The van der Waals surface area contributed by atoms with Gasteiger partial charge in [0.2, 0.25) is 0 Å². The minimum Gasteiger partial charge on any atom is -0.378 e. The van der Waals surface area contributed by atoms with E-state index < -0.39 is 0 Å². The summed E-state index contributed by atoms with van der Waals surface area (Å²) in [7, 11) is 1.95. The van der Waals surface area contributed by atoms with Crippen molar-refractivity contribution in [2.45, 2.75) is 44.9 Å². The number of rotatable bonds is 3. The minimum atomic E-state index is -0.0941. The fourth-order valence-corrected chi connectivity index (χ4v) is 6.39. The molecule has 0 bridgehead atoms. The quantitative estimate of drug-likeness (QED) is 0.597. The van der Waals surface area contributed by atoms with Crippen LogP contribution in [0.4, 0.5) is 5.82 Å². The maximum Gasteiger partial charge on any atom is 0.145 e. The largest absolute Gasteiger partial charge is 0.378 e. The Morgan fingerprint density at radius 3 is 2.79 bits per heavy atom. The maximum atomic E-state index is 12.6. The van der Waals surface area contributed by atoms with E-state index >= 15 is 0 Å². The molecule has 3 aromatic heterocycles. The van der Waals surface area contributed by atoms with Crippen molar-refractivity contribution in [1.29, 1.82) is 0 Å². The van der Waals surface area contributed by atoms with Crippen molar-refractivity contribution >= 4 is 11.6 Å². The molecule has 1 saturated heterocycles. The second kappa shape index (κ2) is 8.05. The number of Topliss-reactive ketones (excluding diaryl/α,β-unsaturated/α-hetero) is 1. The Morgan fingerprint density at radius 2 is 2.03 bits per heavy atom. The van der Waals surface area contributed by atoms with Crippen LogP contribution in [0.15, 0.2) is 30.7 Å². The van der Waals surface area contributed by atoms with Gasteiger partial charge < -0.3 is 9.64 Å². The molecule has 8 heteroatoms. The number of pyridine rings is 1. The first kappa shape index (κ1) is 21.5. The smallest absolute Gasteiger partial charge is 0.145 e. The molecular weight excluding hydrogens is 428 g/mol. The van der Waals surface area contributed by atoms with Crippen LogP contribution >= 0.6 is 0 Å². The number of ketones is 1. The lowest BCUT2D eigenvalue weighted by atomic mass is 9.57. The van der Waals surface area contributed by atoms with Crippen LogP contribution < -0.4 is 4.90 Å². The van der Waals surface area contributed by atoms with Gasteiger partial charge in [0.05, 0.1) is 30.8 Å². The molecule has 4 heterocycles. The number of aryl methyl sites for hydroxylation is 1. The lowest BCUT2D eigenvalue weighted by molar-refractivity contribution is -0.128. The van der Waals surface area contributed by atoms with Gasteiger partial charge in [-0.1, -0.05) is 13.8 Å². The number of aromatic nitrogens is 5. The molecule has 0 unspecified atom stereocenters. The fourth-order valence-electron chi connectivity index (χ4n) is 6.39. The van der Waals surface area contributed by atoms with Crippen LogP contribution in [0.1, 0.15) is 44.5 Å². The molecule has 0 amide bonds. The molecule has 3 aromatic rings. The van der Waals surface area contributed by atoms with Crippen LogP contribution in [0.2, 0.25) is 0 Å². The Hall–Kier alpha value is -3.00. The number of anilines is 1. The molecule has 2 aliphatic carbocycles. The third kappa shape index (κ3) is 3.30. The Bertz CT molecular complexity index is 1240. The van der Waals surface area contributed by atoms with Gasteiger partial charge in [-0.3, -0.25) is 14.0 Å². The van der Waals surface area contributed by atoms with E-state index in [1.54, 1.807) is 0 Å². The summed E-state index contributed by atoms with van der Waals surface area (Å²) in [5.74, 6) is 2.73. The molecule has 34 heavy (non-hydrogen) atoms. The van der Waals surface area contributed by atoms with Gasteiger partial charge in [-0.05, 0) is 37.3 Å². The molecule has 0 radical (unpaired) electrons. The highest BCUT2D eigenvalue weighted by Gasteiger charge is 2.50. The average molecular weight is 461 g/mol. The monoisotopic (exact) mass is 460 g/mol. The summed E-state index contributed by atoms with van der Waals surface area (Å²) >= 11 is 0. The summed E-state index contributed by atoms with van der Waals surface area (Å²) in [5.41, 5.74) is 4.40. The van der Waals surface area contributed by atoms with Crippen LogP contribution in [0, 0.1) is 11.8 Å². The maximum absolute atomic E-state index is 12.6. The van der Waals surface area contributed by atoms with Crippen molar-refractivity contribution in [1.82, 2.24) is 24.3 Å². The first-order valence-electron chi connectivity index (χ1n) is 12.4. The van der Waals surface area contributed by atoms with E-state index in [1.807, 2.05) is 24.1 Å². The van der Waals surface area contributed by atoms with Gasteiger partial charge in [-0.2, -0.15) is 5.10 Å². The van der Waals surface area contributed by atoms with Crippen molar-refractivity contribution in [2.24, 2.45) is 18.9 Å². The van der Waals surface area contributed by atoms with Gasteiger partial charge in [0.1, 0.15) is 17.4 Å². The first-order valence-corrected chi connectivity index (χ1v) is 12.4. The van der Waals surface area contributed by atoms with E-state index in [0.29, 0.717) is 18.1 Å². The summed E-state index contributed by atoms with van der Waals surface area (Å²) in [6, 6.07) is 4.20. The summed E-state index contributed by atoms with van der Waals surface area (Å²) < 4.78 is 9.66. The zero-order valence-electron chi connectivity index (χ0n) is 20.2. The number of nitrogens with zero attached hydrogens (tertiary/aromatic N) is 6.